The van der Waals surface area contributed by atoms with Crippen molar-refractivity contribution in [3.63, 3.8) is 0 Å². The number of aliphatic hydroxyl groups is 2. The van der Waals surface area contributed by atoms with Gasteiger partial charge in [-0.2, -0.15) is 0 Å². The minimum Gasteiger partial charge on any atom is -0.459 e. The maximum Gasteiger partial charge on any atom is 0.412 e. The van der Waals surface area contributed by atoms with Crippen LogP contribution < -0.4 is 24.3 Å². The Labute approximate surface area is 416 Å². The molecule has 0 bridgehead atoms. The number of carbonyl (C=O) groups excluding carboxylic acids is 2. The van der Waals surface area contributed by atoms with Crippen molar-refractivity contribution in [1.82, 2.24) is 10.2 Å². The fourth-order valence-electron chi connectivity index (χ4n) is 11.4. The molecule has 70 heavy (non-hydrogen) atoms. The summed E-state index contributed by atoms with van der Waals surface area (Å²) in [7, 11) is 0. The van der Waals surface area contributed by atoms with Crippen molar-refractivity contribution < 1.29 is 53.1 Å². The van der Waals surface area contributed by atoms with E-state index in [0.29, 0.717) is 79.7 Å². The van der Waals surface area contributed by atoms with Crippen LogP contribution in [0.2, 0.25) is 0 Å². The van der Waals surface area contributed by atoms with Crippen LogP contribution in [0.1, 0.15) is 171 Å². The van der Waals surface area contributed by atoms with Crippen molar-refractivity contribution in [2.75, 3.05) is 46.3 Å². The van der Waals surface area contributed by atoms with Crippen LogP contribution in [0.4, 0.5) is 4.79 Å². The van der Waals surface area contributed by atoms with Gasteiger partial charge in [0, 0.05) is 56.2 Å². The van der Waals surface area contributed by atoms with Gasteiger partial charge in [-0.15, -0.1) is 6.58 Å². The smallest absolute Gasteiger partial charge is 0.412 e. The molecule has 1 unspecified atom stereocenters. The number of hydrogen-bond donors (Lipinski definition) is 3. The molecule has 2 aliphatic carbocycles. The van der Waals surface area contributed by atoms with Crippen molar-refractivity contribution in [3.8, 4) is 23.0 Å². The van der Waals surface area contributed by atoms with Gasteiger partial charge in [0.1, 0.15) is 17.5 Å². The summed E-state index contributed by atoms with van der Waals surface area (Å²) < 4.78 is 38.0. The third kappa shape index (κ3) is 13.3. The van der Waals surface area contributed by atoms with Gasteiger partial charge in [-0.05, 0) is 105 Å². The Morgan fingerprint density at radius 2 is 1.61 bits per heavy atom. The predicted molar refractivity (Wildman–Crippen MR) is 269 cm³/mol. The summed E-state index contributed by atoms with van der Waals surface area (Å²) in [6, 6.07) is 10.1. The van der Waals surface area contributed by atoms with Gasteiger partial charge in [0.2, 0.25) is 18.9 Å². The number of ether oxygens (including phenoxy) is 6. The van der Waals surface area contributed by atoms with Crippen molar-refractivity contribution in [3.05, 3.63) is 71.8 Å². The highest BCUT2D eigenvalue weighted by Crippen LogP contribution is 2.62. The van der Waals surface area contributed by atoms with Crippen LogP contribution in [0.3, 0.4) is 0 Å². The molecule has 3 aliphatic heterocycles. The molecule has 7 atom stereocenters. The molecule has 2 amide bonds. The van der Waals surface area contributed by atoms with Crippen LogP contribution in [0.5, 0.6) is 23.0 Å². The van der Waals surface area contributed by atoms with Crippen LogP contribution in [-0.4, -0.2) is 97.3 Å². The molecule has 2 aromatic rings. The molecule has 386 valence electrons. The molecule has 3 heterocycles. The topological polar surface area (TPSA) is 167 Å². The minimum atomic E-state index is -1.45. The number of allylic oxidation sites excluding steroid dienone is 1. The van der Waals surface area contributed by atoms with E-state index < -0.39 is 30.1 Å². The number of oxime groups is 1. The summed E-state index contributed by atoms with van der Waals surface area (Å²) >= 11 is 0. The van der Waals surface area contributed by atoms with Gasteiger partial charge in [-0.1, -0.05) is 102 Å². The summed E-state index contributed by atoms with van der Waals surface area (Å²) in [5, 5.41) is 28.0. The van der Waals surface area contributed by atoms with E-state index >= 15 is 4.79 Å². The molecular weight excluding hydrogens is 891 g/mol. The molecule has 0 aromatic heterocycles. The number of nitrogens with zero attached hydrogens (tertiary/aromatic N) is 2. The fraction of sp³-hybridized carbons (Fsp3) is 0.661. The quantitative estimate of drug-likeness (QED) is 0.0403. The fourth-order valence-corrected chi connectivity index (χ4v) is 11.4. The van der Waals surface area contributed by atoms with E-state index in [1.165, 1.54) is 44.9 Å². The molecule has 1 saturated heterocycles. The van der Waals surface area contributed by atoms with E-state index in [-0.39, 0.29) is 56.7 Å². The van der Waals surface area contributed by atoms with Crippen LogP contribution in [0.15, 0.2) is 65.9 Å². The number of amides is 2. The second-order valence-electron chi connectivity index (χ2n) is 19.7. The highest BCUT2D eigenvalue weighted by atomic mass is 16.8. The van der Waals surface area contributed by atoms with Gasteiger partial charge in [-0.3, -0.25) is 4.79 Å². The first kappa shape index (κ1) is 53.2. The first-order chi connectivity index (χ1) is 34.3. The first-order valence-electron chi connectivity index (χ1n) is 26.9. The third-order valence-corrected chi connectivity index (χ3v) is 14.8. The van der Waals surface area contributed by atoms with E-state index in [1.54, 1.807) is 30.3 Å². The number of aliphatic hydroxyl groups excluding tert-OH is 2. The van der Waals surface area contributed by atoms with Crippen molar-refractivity contribution in [1.29, 1.82) is 0 Å². The maximum absolute atomic E-state index is 15.2. The monoisotopic (exact) mass is 972 g/mol. The van der Waals surface area contributed by atoms with E-state index in [2.05, 4.69) is 24.9 Å². The number of fused-ring (bicyclic) bond motifs is 3. The number of nitrogens with one attached hydrogen (secondary N) is 1. The molecule has 3 N–H and O–H groups in total. The Morgan fingerprint density at radius 3 is 2.34 bits per heavy atom. The van der Waals surface area contributed by atoms with Crippen molar-refractivity contribution >= 4 is 17.7 Å². The molecule has 14 heteroatoms. The van der Waals surface area contributed by atoms with Crippen LogP contribution >= 0.6 is 0 Å². The minimum absolute atomic E-state index is 0.000508. The summed E-state index contributed by atoms with van der Waals surface area (Å²) in [6.07, 6.45) is 23.1. The number of hydrogen-bond acceptors (Lipinski definition) is 12. The SMILES string of the molecule is C=CCO[C@@]12Oc3ccc(OC(=O)NCCCCCCCCCCCC)cc3[C@H]3[C@H](CCCCO)[C@@H](CCCCO)C=C(C(=NOC4CCCCO4)C[C@@H]1N(CCC)C(=O)c1ccc4c(c1)OCO4)[C@H]32. The Kier molecular flexibility index (Phi) is 20.7. The van der Waals surface area contributed by atoms with Gasteiger partial charge < -0.3 is 53.7 Å². The Hall–Kier alpha value is -4.63. The van der Waals surface area contributed by atoms with E-state index in [9.17, 15) is 15.0 Å². The molecule has 1 saturated carbocycles. The normalized spacial score (nSPS) is 24.7. The molecule has 14 nitrogen and oxygen atoms in total. The van der Waals surface area contributed by atoms with E-state index in [0.717, 1.165) is 68.9 Å². The summed E-state index contributed by atoms with van der Waals surface area (Å²) in [6.45, 7) is 10.3. The molecule has 7 rings (SSSR count). The number of carbonyl (C=O) groups is 2. The van der Waals surface area contributed by atoms with Gasteiger partial charge in [0.05, 0.1) is 24.8 Å². The lowest BCUT2D eigenvalue weighted by Crippen LogP contribution is -2.70. The average Bonchev–Trinajstić information content (AvgIpc) is 3.86. The van der Waals surface area contributed by atoms with Gasteiger partial charge in [-0.25, -0.2) is 4.79 Å². The van der Waals surface area contributed by atoms with Gasteiger partial charge in [0.15, 0.2) is 11.5 Å². The standard InChI is InChI=1S/C56H81N3O11/c1-4-7-8-9-10-11-12-13-14-18-29-57-55(63)68-42-26-28-47-45(37-42)52-43(23-16-20-32-61)40(22-15-19-31-60)35-44-46(58-70-51-24-17-21-34-64-51)38-50(56(69-47,53(44)52)67-33-6-3)59(30-5-2)54(62)41-25-27-48-49(36-41)66-39-65-48/h6,25-28,35-37,40,43,50-53,60-61H,3-5,7-24,29-34,38-39H2,1-2H3,(H,57,63)/t40-,43+,50-,51?,52+,53+,56+/m0/s1. The Morgan fingerprint density at radius 1 is 0.871 bits per heavy atom. The number of benzene rings is 2. The summed E-state index contributed by atoms with van der Waals surface area (Å²) in [4.78, 5) is 36.8. The zero-order valence-electron chi connectivity index (χ0n) is 42.1. The highest BCUT2D eigenvalue weighted by molar-refractivity contribution is 6.03. The summed E-state index contributed by atoms with van der Waals surface area (Å²) in [5.74, 6) is -0.363. The van der Waals surface area contributed by atoms with Crippen molar-refractivity contribution in [2.45, 2.75) is 173 Å². The largest absolute Gasteiger partial charge is 0.459 e. The summed E-state index contributed by atoms with van der Waals surface area (Å²) in [5.41, 5.74) is 2.93. The molecule has 2 aromatic carbocycles. The van der Waals surface area contributed by atoms with E-state index in [1.807, 2.05) is 24.0 Å². The maximum atomic E-state index is 15.2. The van der Waals surface area contributed by atoms with Crippen molar-refractivity contribution in [2.24, 2.45) is 22.9 Å². The predicted octanol–water partition coefficient (Wildman–Crippen LogP) is 11.1. The van der Waals surface area contributed by atoms with Crippen LogP contribution in [-0.2, 0) is 14.3 Å². The third-order valence-electron chi connectivity index (χ3n) is 14.8. The highest BCUT2D eigenvalue weighted by Gasteiger charge is 2.65. The number of unbranched alkanes of at least 4 members (excludes halogenated alkanes) is 11. The lowest BCUT2D eigenvalue weighted by atomic mass is 9.55. The average molecular weight is 972 g/mol. The zero-order chi connectivity index (χ0) is 49.1. The molecular formula is C56H81N3O11. The second-order valence-corrected chi connectivity index (χ2v) is 19.7. The molecule has 0 radical (unpaired) electrons. The second kappa shape index (κ2) is 27.3. The van der Waals surface area contributed by atoms with Gasteiger partial charge in [0.25, 0.3) is 5.91 Å². The van der Waals surface area contributed by atoms with Gasteiger partial charge >= 0.3 is 6.09 Å². The molecule has 2 fully saturated rings. The van der Waals surface area contributed by atoms with E-state index in [4.69, 9.17) is 38.4 Å². The Bertz CT molecular complexity index is 2050. The molecule has 0 spiro atoms. The zero-order valence-corrected chi connectivity index (χ0v) is 42.1. The molecule has 5 aliphatic rings. The lowest BCUT2D eigenvalue weighted by molar-refractivity contribution is -0.254. The first-order valence-corrected chi connectivity index (χ1v) is 26.9. The van der Waals surface area contributed by atoms with Crippen LogP contribution in [0, 0.1) is 17.8 Å². The number of rotatable bonds is 29. The lowest BCUT2D eigenvalue weighted by Gasteiger charge is -2.60. The Balaban J connectivity index is 1.27. The van der Waals surface area contributed by atoms with Crippen LogP contribution in [0.25, 0.3) is 0 Å².